The molecule has 2 bridgehead atoms. The van der Waals surface area contributed by atoms with Crippen LogP contribution in [-0.2, 0) is 10.3 Å². The molecule has 2 aliphatic heterocycles. The van der Waals surface area contributed by atoms with Gasteiger partial charge in [-0.1, -0.05) is 11.6 Å². The van der Waals surface area contributed by atoms with Crippen LogP contribution in [0.15, 0.2) is 24.5 Å². The van der Waals surface area contributed by atoms with Crippen LogP contribution in [0.25, 0.3) is 0 Å². The molecule has 3 aliphatic carbocycles. The normalized spacial score (nSPS) is 30.2. The number of benzene rings is 1. The van der Waals surface area contributed by atoms with Crippen LogP contribution in [0.1, 0.15) is 31.7 Å². The van der Waals surface area contributed by atoms with E-state index in [0.29, 0.717) is 5.02 Å². The van der Waals surface area contributed by atoms with Gasteiger partial charge < -0.3 is 25.5 Å². The van der Waals surface area contributed by atoms with E-state index in [1.807, 2.05) is 18.5 Å². The Morgan fingerprint density at radius 3 is 2.55 bits per heavy atom. The Morgan fingerprint density at radius 2 is 1.94 bits per heavy atom. The zero-order valence-corrected chi connectivity index (χ0v) is 19.7. The molecule has 2 aromatic rings. The van der Waals surface area contributed by atoms with E-state index >= 15 is 0 Å². The van der Waals surface area contributed by atoms with E-state index in [4.69, 9.17) is 21.7 Å². The molecule has 8 nitrogen and oxygen atoms in total. The van der Waals surface area contributed by atoms with E-state index in [-0.39, 0.29) is 23.1 Å². The predicted molar refractivity (Wildman–Crippen MR) is 129 cm³/mol. The van der Waals surface area contributed by atoms with E-state index in [2.05, 4.69) is 37.9 Å². The first-order valence-corrected chi connectivity index (χ1v) is 12.1. The topological polar surface area (TPSA) is 89.6 Å². The fourth-order valence-corrected chi connectivity index (χ4v) is 6.56. The lowest BCUT2D eigenvalue weighted by molar-refractivity contribution is -0.213. The molecular weight excluding hydrogens is 440 g/mol. The summed E-state index contributed by atoms with van der Waals surface area (Å²) < 4.78 is 7.50. The van der Waals surface area contributed by atoms with Gasteiger partial charge in [-0.25, -0.2) is 0 Å². The Balaban J connectivity index is 1.18. The van der Waals surface area contributed by atoms with Crippen LogP contribution in [0.4, 0.5) is 17.1 Å². The fourth-order valence-electron chi connectivity index (χ4n) is 6.27. The van der Waals surface area contributed by atoms with E-state index < -0.39 is 0 Å². The Kier molecular flexibility index (Phi) is 4.82. The van der Waals surface area contributed by atoms with Gasteiger partial charge in [0, 0.05) is 61.9 Å². The molecule has 5 aliphatic rings. The first-order valence-electron chi connectivity index (χ1n) is 11.7. The van der Waals surface area contributed by atoms with Gasteiger partial charge in [-0.15, -0.1) is 0 Å². The highest BCUT2D eigenvalue weighted by atomic mass is 35.5. The van der Waals surface area contributed by atoms with Crippen molar-refractivity contribution < 1.29 is 9.84 Å². The highest BCUT2D eigenvalue weighted by Gasteiger charge is 2.69. The van der Waals surface area contributed by atoms with Crippen molar-refractivity contribution in [2.45, 2.75) is 37.3 Å². The molecule has 0 atom stereocenters. The van der Waals surface area contributed by atoms with E-state index in [1.165, 1.54) is 6.21 Å². The zero-order chi connectivity index (χ0) is 22.8. The van der Waals surface area contributed by atoms with Crippen LogP contribution in [0, 0.1) is 10.8 Å². The van der Waals surface area contributed by atoms with Gasteiger partial charge >= 0.3 is 0 Å². The number of aromatic nitrogens is 2. The number of aliphatic hydroxyl groups excluding tert-OH is 1. The molecule has 0 radical (unpaired) electrons. The molecule has 5 fully saturated rings. The molecule has 3 N–H and O–H groups in total. The van der Waals surface area contributed by atoms with Crippen LogP contribution in [-0.4, -0.2) is 77.5 Å². The summed E-state index contributed by atoms with van der Waals surface area (Å²) >= 11 is 6.66. The van der Waals surface area contributed by atoms with Gasteiger partial charge in [0.1, 0.15) is 0 Å². The molecule has 1 aromatic carbocycles. The molecule has 9 heteroatoms. The summed E-state index contributed by atoms with van der Waals surface area (Å²) in [6, 6.07) is 3.93. The Morgan fingerprint density at radius 1 is 1.21 bits per heavy atom. The molecule has 2 saturated heterocycles. The van der Waals surface area contributed by atoms with Crippen LogP contribution in [0.3, 0.4) is 0 Å². The van der Waals surface area contributed by atoms with Crippen LogP contribution in [0.5, 0.6) is 0 Å². The van der Waals surface area contributed by atoms with Gasteiger partial charge in [0.15, 0.2) is 0 Å². The van der Waals surface area contributed by atoms with Crippen LogP contribution >= 0.6 is 11.6 Å². The number of nitrogens with one attached hydrogen (secondary N) is 2. The van der Waals surface area contributed by atoms with Crippen molar-refractivity contribution in [1.29, 1.82) is 5.41 Å². The van der Waals surface area contributed by atoms with E-state index in [0.717, 1.165) is 81.3 Å². The van der Waals surface area contributed by atoms with Gasteiger partial charge in [0.2, 0.25) is 0 Å². The second-order valence-electron chi connectivity index (χ2n) is 10.7. The first kappa shape index (κ1) is 21.4. The monoisotopic (exact) mass is 470 g/mol. The van der Waals surface area contributed by atoms with Crippen molar-refractivity contribution in [3.63, 3.8) is 0 Å². The van der Waals surface area contributed by atoms with Crippen molar-refractivity contribution in [2.75, 3.05) is 56.2 Å². The van der Waals surface area contributed by atoms with Crippen molar-refractivity contribution in [2.24, 2.45) is 5.41 Å². The number of hydrogen-bond acceptors (Lipinski definition) is 7. The minimum atomic E-state index is 0.0833. The summed E-state index contributed by atoms with van der Waals surface area (Å²) in [7, 11) is 0. The summed E-state index contributed by atoms with van der Waals surface area (Å²) in [4.78, 5) is 4.85. The van der Waals surface area contributed by atoms with Crippen molar-refractivity contribution in [3.05, 3.63) is 35.1 Å². The molecule has 3 heterocycles. The van der Waals surface area contributed by atoms with E-state index in [9.17, 15) is 5.11 Å². The number of hydrogen-bond donors (Lipinski definition) is 3. The Bertz CT molecular complexity index is 1070. The molecule has 7 rings (SSSR count). The second-order valence-corrected chi connectivity index (χ2v) is 11.1. The lowest BCUT2D eigenvalue weighted by atomic mass is 9.40. The molecule has 33 heavy (non-hydrogen) atoms. The molecule has 0 spiro atoms. The van der Waals surface area contributed by atoms with Crippen molar-refractivity contribution >= 4 is 34.9 Å². The predicted octanol–water partition coefficient (Wildman–Crippen LogP) is 3.06. The highest BCUT2D eigenvalue weighted by molar-refractivity contribution is 6.33. The number of rotatable bonds is 7. The summed E-state index contributed by atoms with van der Waals surface area (Å²) in [5.41, 5.74) is 3.90. The third-order valence-corrected chi connectivity index (χ3v) is 8.58. The van der Waals surface area contributed by atoms with Gasteiger partial charge in [-0.05, 0) is 38.3 Å². The first-order chi connectivity index (χ1) is 15.9. The van der Waals surface area contributed by atoms with E-state index in [1.54, 1.807) is 0 Å². The molecule has 176 valence electrons. The number of nitrogens with zero attached hydrogens (tertiary/aromatic N) is 4. The fraction of sp³-hybridized carbons (Fsp3) is 0.583. The van der Waals surface area contributed by atoms with Gasteiger partial charge in [0.25, 0.3) is 0 Å². The molecule has 0 amide bonds. The number of ether oxygens (including phenoxy) is 1. The Hall–Kier alpha value is -2.13. The highest BCUT2D eigenvalue weighted by Crippen LogP contribution is 2.70. The van der Waals surface area contributed by atoms with Crippen molar-refractivity contribution in [3.8, 4) is 0 Å². The molecule has 0 unspecified atom stereocenters. The average molecular weight is 471 g/mol. The van der Waals surface area contributed by atoms with Crippen molar-refractivity contribution in [1.82, 2.24) is 14.7 Å². The van der Waals surface area contributed by atoms with Gasteiger partial charge in [-0.2, -0.15) is 5.10 Å². The zero-order valence-electron chi connectivity index (χ0n) is 19.0. The smallest absolute Gasteiger partial charge is 0.0770 e. The lowest BCUT2D eigenvalue weighted by Crippen LogP contribution is -2.69. The van der Waals surface area contributed by atoms with Gasteiger partial charge in [-0.3, -0.25) is 9.58 Å². The maximum absolute atomic E-state index is 9.54. The summed E-state index contributed by atoms with van der Waals surface area (Å²) in [5.74, 6) is 0. The average Bonchev–Trinajstić information content (AvgIpc) is 3.20. The minimum absolute atomic E-state index is 0.0833. The third-order valence-electron chi connectivity index (χ3n) is 8.28. The largest absolute Gasteiger partial charge is 0.396 e. The summed E-state index contributed by atoms with van der Waals surface area (Å²) in [6.45, 7) is 7.95. The minimum Gasteiger partial charge on any atom is -0.396 e. The SMILES string of the molecule is CC1(N2CCN(c3cc(Nc4cnn(C56CC(CO)(C5)C6)c4)c(C=N)cc3Cl)CC2)COC1. The van der Waals surface area contributed by atoms with Gasteiger partial charge in [0.05, 0.1) is 46.9 Å². The number of aliphatic hydroxyl groups is 1. The summed E-state index contributed by atoms with van der Waals surface area (Å²) in [5, 5.41) is 26.2. The second kappa shape index (κ2) is 7.43. The number of halogens is 1. The standard InChI is InChI=1S/C24H31ClN6O2/c1-22(15-33-16-22)30-4-2-29(3-5-30)21-7-20(17(8-26)6-19(21)25)28-18-9-27-31(10-18)24-11-23(12-24,13-24)14-32/h6-10,26,28,32H,2-5,11-16H2,1H3. The maximum atomic E-state index is 9.54. The Labute approximate surface area is 199 Å². The van der Waals surface area contributed by atoms with Crippen LogP contribution in [0.2, 0.25) is 5.02 Å². The molecule has 1 aromatic heterocycles. The third kappa shape index (κ3) is 3.30. The number of piperazine rings is 1. The number of anilines is 3. The molecule has 3 saturated carbocycles. The quantitative estimate of drug-likeness (QED) is 0.539. The van der Waals surface area contributed by atoms with Crippen LogP contribution < -0.4 is 10.2 Å². The summed E-state index contributed by atoms with van der Waals surface area (Å²) in [6.07, 6.45) is 8.24. The molecular formula is C24H31ClN6O2. The lowest BCUT2D eigenvalue weighted by Gasteiger charge is -2.69. The maximum Gasteiger partial charge on any atom is 0.0770 e.